The Hall–Kier alpha value is -0.400. The van der Waals surface area contributed by atoms with Crippen molar-refractivity contribution < 1.29 is 14.9 Å². The highest BCUT2D eigenvalue weighted by Crippen LogP contribution is 2.20. The van der Waals surface area contributed by atoms with Crippen LogP contribution in [0.4, 0.5) is 0 Å². The molecule has 2 N–H and O–H groups in total. The number of aliphatic hydroxyl groups excluding tert-OH is 2. The second-order valence-electron chi connectivity index (χ2n) is 5.47. The van der Waals surface area contributed by atoms with Gasteiger partial charge in [0.15, 0.2) is 0 Å². The lowest BCUT2D eigenvalue weighted by atomic mass is 10.1. The molecule has 0 aliphatic heterocycles. The van der Waals surface area contributed by atoms with E-state index in [4.69, 9.17) is 4.74 Å². The van der Waals surface area contributed by atoms with E-state index in [9.17, 15) is 10.2 Å². The van der Waals surface area contributed by atoms with Gasteiger partial charge in [0, 0.05) is 18.8 Å². The molecule has 126 valence electrons. The highest BCUT2D eigenvalue weighted by molar-refractivity contribution is 8.76. The third-order valence-electron chi connectivity index (χ3n) is 3.23. The Balaban J connectivity index is 2.37. The van der Waals surface area contributed by atoms with E-state index in [1.54, 1.807) is 6.07 Å². The average Bonchev–Trinajstić information content (AvgIpc) is 2.52. The van der Waals surface area contributed by atoms with Gasteiger partial charge in [-0.1, -0.05) is 34.6 Å². The fourth-order valence-corrected chi connectivity index (χ4v) is 3.75. The SMILES string of the molecule is CSSCC(C)CN(C)CCOc1cc(CO)cc(CO)c1. The molecular formula is C16H27NO3S2. The molecular weight excluding hydrogens is 318 g/mol. The second-order valence-corrected chi connectivity index (χ2v) is 8.08. The fourth-order valence-electron chi connectivity index (χ4n) is 2.17. The molecule has 22 heavy (non-hydrogen) atoms. The van der Waals surface area contributed by atoms with Crippen LogP contribution in [0.5, 0.6) is 5.75 Å². The van der Waals surface area contributed by atoms with Crippen LogP contribution in [0.1, 0.15) is 18.1 Å². The number of hydrogen-bond donors (Lipinski definition) is 2. The minimum absolute atomic E-state index is 0.0469. The lowest BCUT2D eigenvalue weighted by molar-refractivity contribution is 0.222. The molecule has 0 aliphatic carbocycles. The zero-order valence-corrected chi connectivity index (χ0v) is 15.3. The van der Waals surface area contributed by atoms with Gasteiger partial charge in [0.1, 0.15) is 12.4 Å². The van der Waals surface area contributed by atoms with E-state index < -0.39 is 0 Å². The summed E-state index contributed by atoms with van der Waals surface area (Å²) in [6.45, 7) is 4.67. The van der Waals surface area contributed by atoms with Crippen molar-refractivity contribution >= 4 is 21.6 Å². The second kappa shape index (κ2) is 11.2. The Morgan fingerprint density at radius 2 is 1.82 bits per heavy atom. The van der Waals surface area contributed by atoms with Crippen molar-refractivity contribution in [2.45, 2.75) is 20.1 Å². The summed E-state index contributed by atoms with van der Waals surface area (Å²) >= 11 is 0. The number of likely N-dealkylation sites (N-methyl/N-ethyl adjacent to an activating group) is 1. The first-order chi connectivity index (χ1) is 10.6. The van der Waals surface area contributed by atoms with Crippen molar-refractivity contribution in [3.05, 3.63) is 29.3 Å². The number of aliphatic hydroxyl groups is 2. The molecule has 1 rings (SSSR count). The first-order valence-electron chi connectivity index (χ1n) is 7.40. The van der Waals surface area contributed by atoms with E-state index in [1.807, 2.05) is 33.7 Å². The molecule has 4 nitrogen and oxygen atoms in total. The topological polar surface area (TPSA) is 52.9 Å². The first kappa shape index (κ1) is 19.6. The van der Waals surface area contributed by atoms with Gasteiger partial charge < -0.3 is 19.8 Å². The zero-order chi connectivity index (χ0) is 16.4. The number of hydrogen-bond acceptors (Lipinski definition) is 6. The number of nitrogens with zero attached hydrogens (tertiary/aromatic N) is 1. The zero-order valence-electron chi connectivity index (χ0n) is 13.6. The van der Waals surface area contributed by atoms with Crippen LogP contribution in [0.2, 0.25) is 0 Å². The van der Waals surface area contributed by atoms with Gasteiger partial charge in [-0.05, 0) is 42.5 Å². The van der Waals surface area contributed by atoms with Crippen molar-refractivity contribution in [1.82, 2.24) is 4.90 Å². The third-order valence-corrected chi connectivity index (χ3v) is 5.28. The van der Waals surface area contributed by atoms with Crippen LogP contribution in [0, 0.1) is 5.92 Å². The lowest BCUT2D eigenvalue weighted by Crippen LogP contribution is -2.29. The van der Waals surface area contributed by atoms with Gasteiger partial charge in [0.2, 0.25) is 0 Å². The van der Waals surface area contributed by atoms with Crippen LogP contribution >= 0.6 is 21.6 Å². The standard InChI is InChI=1S/C16H27NO3S2/c1-13(12-22-21-3)9-17(2)4-5-20-16-7-14(10-18)6-15(8-16)11-19/h6-8,13,18-19H,4-5,9-12H2,1-3H3. The molecule has 0 saturated heterocycles. The van der Waals surface area contributed by atoms with Crippen molar-refractivity contribution in [2.24, 2.45) is 5.92 Å². The molecule has 0 fully saturated rings. The van der Waals surface area contributed by atoms with Crippen LogP contribution in [-0.4, -0.2) is 53.9 Å². The van der Waals surface area contributed by atoms with Gasteiger partial charge in [0.05, 0.1) is 13.2 Å². The molecule has 0 aromatic heterocycles. The summed E-state index contributed by atoms with van der Waals surface area (Å²) < 4.78 is 5.75. The Kier molecular flexibility index (Phi) is 9.99. The molecule has 0 saturated carbocycles. The first-order valence-corrected chi connectivity index (χ1v) is 10.1. The fraction of sp³-hybridized carbons (Fsp3) is 0.625. The highest BCUT2D eigenvalue weighted by Gasteiger charge is 2.07. The van der Waals surface area contributed by atoms with Crippen LogP contribution in [0.3, 0.4) is 0 Å². The summed E-state index contributed by atoms with van der Waals surface area (Å²) in [7, 11) is 5.81. The number of ether oxygens (including phenoxy) is 1. The molecule has 6 heteroatoms. The molecule has 0 radical (unpaired) electrons. The van der Waals surface area contributed by atoms with E-state index in [0.29, 0.717) is 18.3 Å². The summed E-state index contributed by atoms with van der Waals surface area (Å²) in [5.41, 5.74) is 1.52. The lowest BCUT2D eigenvalue weighted by Gasteiger charge is -2.21. The summed E-state index contributed by atoms with van der Waals surface area (Å²) in [6.07, 6.45) is 2.11. The van der Waals surface area contributed by atoms with Gasteiger partial charge in [-0.2, -0.15) is 0 Å². The molecule has 0 aliphatic rings. The van der Waals surface area contributed by atoms with E-state index in [-0.39, 0.29) is 13.2 Å². The van der Waals surface area contributed by atoms with Crippen LogP contribution < -0.4 is 4.74 Å². The Labute approximate surface area is 141 Å². The molecule has 0 heterocycles. The minimum Gasteiger partial charge on any atom is -0.492 e. The highest BCUT2D eigenvalue weighted by atomic mass is 33.1. The van der Waals surface area contributed by atoms with E-state index in [2.05, 4.69) is 25.1 Å². The van der Waals surface area contributed by atoms with Gasteiger partial charge in [-0.25, -0.2) is 0 Å². The Morgan fingerprint density at radius 3 is 2.36 bits per heavy atom. The Morgan fingerprint density at radius 1 is 1.18 bits per heavy atom. The third kappa shape index (κ3) is 7.74. The molecule has 0 bridgehead atoms. The molecule has 1 unspecified atom stereocenters. The predicted molar refractivity (Wildman–Crippen MR) is 96.4 cm³/mol. The molecule has 1 atom stereocenters. The van der Waals surface area contributed by atoms with Crippen molar-refractivity contribution in [2.75, 3.05) is 38.8 Å². The normalized spacial score (nSPS) is 12.6. The van der Waals surface area contributed by atoms with E-state index in [0.717, 1.165) is 30.0 Å². The van der Waals surface area contributed by atoms with Gasteiger partial charge in [-0.3, -0.25) is 0 Å². The van der Waals surface area contributed by atoms with Gasteiger partial charge in [-0.15, -0.1) is 0 Å². The van der Waals surface area contributed by atoms with Gasteiger partial charge >= 0.3 is 0 Å². The van der Waals surface area contributed by atoms with Crippen LogP contribution in [0.15, 0.2) is 18.2 Å². The maximum atomic E-state index is 9.22. The smallest absolute Gasteiger partial charge is 0.120 e. The summed E-state index contributed by atoms with van der Waals surface area (Å²) in [6, 6.07) is 5.41. The molecule has 0 amide bonds. The maximum Gasteiger partial charge on any atom is 0.120 e. The molecule has 1 aromatic rings. The summed E-state index contributed by atoms with van der Waals surface area (Å²) in [4.78, 5) is 2.27. The number of rotatable bonds is 11. The van der Waals surface area contributed by atoms with Gasteiger partial charge in [0.25, 0.3) is 0 Å². The van der Waals surface area contributed by atoms with Crippen LogP contribution in [0.25, 0.3) is 0 Å². The predicted octanol–water partition coefficient (Wildman–Crippen LogP) is 2.63. The van der Waals surface area contributed by atoms with Crippen molar-refractivity contribution in [1.29, 1.82) is 0 Å². The monoisotopic (exact) mass is 345 g/mol. The van der Waals surface area contributed by atoms with Crippen molar-refractivity contribution in [3.8, 4) is 5.75 Å². The molecule has 1 aromatic carbocycles. The van der Waals surface area contributed by atoms with E-state index in [1.165, 1.54) is 0 Å². The quantitative estimate of drug-likeness (QED) is 0.601. The minimum atomic E-state index is -0.0469. The van der Waals surface area contributed by atoms with Crippen LogP contribution in [-0.2, 0) is 13.2 Å². The largest absolute Gasteiger partial charge is 0.492 e. The molecule has 0 spiro atoms. The summed E-state index contributed by atoms with van der Waals surface area (Å²) in [5.74, 6) is 2.52. The maximum absolute atomic E-state index is 9.22. The summed E-state index contributed by atoms with van der Waals surface area (Å²) in [5, 5.41) is 18.4. The van der Waals surface area contributed by atoms with Crippen molar-refractivity contribution in [3.63, 3.8) is 0 Å². The van der Waals surface area contributed by atoms with E-state index >= 15 is 0 Å². The number of benzene rings is 1. The average molecular weight is 346 g/mol. The Bertz CT molecular complexity index is 410.